The molecule has 0 aliphatic carbocycles. The molecule has 0 spiro atoms. The maximum atomic E-state index is 13.6. The molecule has 2 aromatic carbocycles. The van der Waals surface area contributed by atoms with E-state index >= 15 is 0 Å². The lowest BCUT2D eigenvalue weighted by Gasteiger charge is -2.32. The van der Waals surface area contributed by atoms with Gasteiger partial charge < -0.3 is 26.0 Å². The molecule has 36 heavy (non-hydrogen) atoms. The molecular weight excluding hydrogens is 460 g/mol. The van der Waals surface area contributed by atoms with Crippen LogP contribution in [0.25, 0.3) is 0 Å². The highest BCUT2D eigenvalue weighted by Gasteiger charge is 2.35. The summed E-state index contributed by atoms with van der Waals surface area (Å²) in [5.74, 6) is -1.89. The van der Waals surface area contributed by atoms with E-state index in [2.05, 4.69) is 10.6 Å². The first-order valence-electron chi connectivity index (χ1n) is 11.7. The Morgan fingerprint density at radius 1 is 1.00 bits per heavy atom. The van der Waals surface area contributed by atoms with Gasteiger partial charge in [-0.15, -0.1) is 0 Å². The smallest absolute Gasteiger partial charge is 0.408 e. The molecule has 0 radical (unpaired) electrons. The first-order valence-corrected chi connectivity index (χ1v) is 11.7. The van der Waals surface area contributed by atoms with E-state index in [0.717, 1.165) is 16.7 Å². The van der Waals surface area contributed by atoms with Crippen LogP contribution in [0.4, 0.5) is 10.5 Å². The van der Waals surface area contributed by atoms with Gasteiger partial charge in [0.25, 0.3) is 5.91 Å². The number of benzene rings is 2. The average molecular weight is 497 g/mol. The van der Waals surface area contributed by atoms with Crippen LogP contribution in [0.5, 0.6) is 0 Å². The van der Waals surface area contributed by atoms with Crippen LogP contribution in [0.1, 0.15) is 55.5 Å². The van der Waals surface area contributed by atoms with Crippen LogP contribution in [0.3, 0.4) is 0 Å². The van der Waals surface area contributed by atoms with Crippen molar-refractivity contribution in [2.45, 2.75) is 65.6 Å². The summed E-state index contributed by atoms with van der Waals surface area (Å²) in [6.07, 6.45) is -1.33. The predicted octanol–water partition coefficient (Wildman–Crippen LogP) is 3.52. The average Bonchev–Trinajstić information content (AvgIpc) is 2.74. The molecule has 2 atom stereocenters. The van der Waals surface area contributed by atoms with Crippen LogP contribution >= 0.6 is 0 Å². The summed E-state index contributed by atoms with van der Waals surface area (Å²) in [5.41, 5.74) is 8.44. The molecule has 0 heterocycles. The quantitative estimate of drug-likeness (QED) is 0.515. The molecule has 2 aromatic rings. The minimum absolute atomic E-state index is 0.442. The fourth-order valence-corrected chi connectivity index (χ4v) is 3.80. The number of rotatable bonds is 8. The topological polar surface area (TPSA) is 131 Å². The molecular formula is C27H36N4O5. The number of nitrogens with two attached hydrogens (primary N) is 1. The highest BCUT2D eigenvalue weighted by Crippen LogP contribution is 2.27. The van der Waals surface area contributed by atoms with Crippen molar-refractivity contribution in [2.75, 3.05) is 12.4 Å². The van der Waals surface area contributed by atoms with Gasteiger partial charge >= 0.3 is 6.09 Å². The molecule has 0 saturated heterocycles. The number of hydrogen-bond donors (Lipinski definition) is 3. The number of primary amides is 1. The highest BCUT2D eigenvalue weighted by molar-refractivity contribution is 6.00. The first kappa shape index (κ1) is 28.4. The Balaban J connectivity index is 2.45. The molecule has 2 rings (SSSR count). The molecule has 9 heteroatoms. The van der Waals surface area contributed by atoms with E-state index in [1.165, 1.54) is 11.9 Å². The Morgan fingerprint density at radius 2 is 1.64 bits per heavy atom. The number of aryl methyl sites for hydroxylation is 3. The second-order valence-electron chi connectivity index (χ2n) is 9.89. The van der Waals surface area contributed by atoms with Crippen LogP contribution in [0.2, 0.25) is 0 Å². The minimum atomic E-state index is -1.32. The highest BCUT2D eigenvalue weighted by atomic mass is 16.6. The summed E-state index contributed by atoms with van der Waals surface area (Å²) in [4.78, 5) is 52.5. The number of likely N-dealkylation sites (N-methyl/N-ethyl adjacent to an activating group) is 1. The maximum Gasteiger partial charge on any atom is 0.408 e. The molecule has 4 N–H and O–H groups in total. The largest absolute Gasteiger partial charge is 0.444 e. The van der Waals surface area contributed by atoms with E-state index < -0.39 is 47.9 Å². The zero-order valence-corrected chi connectivity index (χ0v) is 22.0. The van der Waals surface area contributed by atoms with Crippen molar-refractivity contribution in [3.8, 4) is 0 Å². The number of nitrogens with one attached hydrogen (secondary N) is 2. The molecule has 0 bridgehead atoms. The third-order valence-corrected chi connectivity index (χ3v) is 5.50. The molecule has 9 nitrogen and oxygen atoms in total. The number of ether oxygens (including phenoxy) is 1. The molecule has 0 aliphatic rings. The lowest BCUT2D eigenvalue weighted by Crippen LogP contribution is -2.52. The summed E-state index contributed by atoms with van der Waals surface area (Å²) < 4.78 is 5.24. The van der Waals surface area contributed by atoms with Gasteiger partial charge in [-0.2, -0.15) is 0 Å². The monoisotopic (exact) mass is 496 g/mol. The van der Waals surface area contributed by atoms with Gasteiger partial charge in [0, 0.05) is 12.7 Å². The summed E-state index contributed by atoms with van der Waals surface area (Å²) >= 11 is 0. The van der Waals surface area contributed by atoms with Crippen molar-refractivity contribution in [3.05, 3.63) is 64.7 Å². The Bertz CT molecular complexity index is 1140. The second-order valence-corrected chi connectivity index (χ2v) is 9.89. The van der Waals surface area contributed by atoms with E-state index in [0.29, 0.717) is 11.3 Å². The normalized spacial score (nSPS) is 12.8. The van der Waals surface area contributed by atoms with Crippen molar-refractivity contribution in [2.24, 2.45) is 5.73 Å². The lowest BCUT2D eigenvalue weighted by molar-refractivity contribution is -0.140. The zero-order chi connectivity index (χ0) is 27.2. The minimum Gasteiger partial charge on any atom is -0.444 e. The number of anilines is 1. The standard InChI is InChI=1S/C27H36N4O5/c1-16-12-13-19(18(3)14-16)23(24(33)29-20-11-9-8-10-17(20)2)31(7)25(34)21(15-22(28)32)30-26(35)36-27(4,5)6/h8-14,21,23H,15H2,1-7H3,(H2,28,32)(H,29,33)(H,30,35). The Morgan fingerprint density at radius 3 is 2.19 bits per heavy atom. The SMILES string of the molecule is Cc1ccc(C(C(=O)Nc2ccccc2C)N(C)C(=O)C(CC(N)=O)NC(=O)OC(C)(C)C)c(C)c1. The van der Waals surface area contributed by atoms with Crippen molar-refractivity contribution in [3.63, 3.8) is 0 Å². The van der Waals surface area contributed by atoms with Gasteiger partial charge in [0.05, 0.1) is 6.42 Å². The zero-order valence-electron chi connectivity index (χ0n) is 22.0. The van der Waals surface area contributed by atoms with E-state index in [9.17, 15) is 19.2 Å². The predicted molar refractivity (Wildman–Crippen MR) is 138 cm³/mol. The molecule has 4 amide bonds. The molecule has 0 aromatic heterocycles. The second kappa shape index (κ2) is 11.7. The lowest BCUT2D eigenvalue weighted by atomic mass is 9.96. The third kappa shape index (κ3) is 7.83. The van der Waals surface area contributed by atoms with Crippen LogP contribution in [0, 0.1) is 20.8 Å². The fourth-order valence-electron chi connectivity index (χ4n) is 3.80. The van der Waals surface area contributed by atoms with Gasteiger partial charge in [-0.05, 0) is 64.3 Å². The van der Waals surface area contributed by atoms with Crippen molar-refractivity contribution in [1.29, 1.82) is 0 Å². The Hall–Kier alpha value is -3.88. The van der Waals surface area contributed by atoms with Gasteiger partial charge in [0.15, 0.2) is 0 Å². The summed E-state index contributed by atoms with van der Waals surface area (Å²) in [5, 5.41) is 5.33. The van der Waals surface area contributed by atoms with Crippen LogP contribution < -0.4 is 16.4 Å². The third-order valence-electron chi connectivity index (χ3n) is 5.50. The van der Waals surface area contributed by atoms with Gasteiger partial charge in [0.2, 0.25) is 11.8 Å². The summed E-state index contributed by atoms with van der Waals surface area (Å²) in [7, 11) is 1.45. The Labute approximate surface area is 212 Å². The maximum absolute atomic E-state index is 13.6. The fraction of sp³-hybridized carbons (Fsp3) is 0.407. The molecule has 0 fully saturated rings. The van der Waals surface area contributed by atoms with Crippen molar-refractivity contribution >= 4 is 29.5 Å². The van der Waals surface area contributed by atoms with Crippen molar-refractivity contribution in [1.82, 2.24) is 10.2 Å². The van der Waals surface area contributed by atoms with E-state index in [-0.39, 0.29) is 0 Å². The number of hydrogen-bond acceptors (Lipinski definition) is 5. The molecule has 0 aliphatic heterocycles. The number of alkyl carbamates (subject to hydrolysis) is 1. The Kier molecular flexibility index (Phi) is 9.22. The van der Waals surface area contributed by atoms with Gasteiger partial charge in [-0.3, -0.25) is 14.4 Å². The number of nitrogens with zero attached hydrogens (tertiary/aromatic N) is 1. The van der Waals surface area contributed by atoms with E-state index in [1.54, 1.807) is 39.0 Å². The number of carbonyl (C=O) groups excluding carboxylic acids is 4. The van der Waals surface area contributed by atoms with E-state index in [1.807, 2.05) is 45.0 Å². The van der Waals surface area contributed by atoms with Gasteiger partial charge in [-0.25, -0.2) is 4.79 Å². The first-order chi connectivity index (χ1) is 16.7. The number of para-hydroxylation sites is 1. The van der Waals surface area contributed by atoms with Crippen molar-refractivity contribution < 1.29 is 23.9 Å². The molecule has 0 saturated carbocycles. The van der Waals surface area contributed by atoms with Crippen LogP contribution in [-0.2, 0) is 19.1 Å². The van der Waals surface area contributed by atoms with Crippen LogP contribution in [0.15, 0.2) is 42.5 Å². The molecule has 194 valence electrons. The van der Waals surface area contributed by atoms with E-state index in [4.69, 9.17) is 10.5 Å². The number of carbonyl (C=O) groups is 4. The summed E-state index contributed by atoms with van der Waals surface area (Å²) in [6, 6.07) is 10.5. The summed E-state index contributed by atoms with van der Waals surface area (Å²) in [6.45, 7) is 10.7. The van der Waals surface area contributed by atoms with Gasteiger partial charge in [0.1, 0.15) is 17.7 Å². The van der Waals surface area contributed by atoms with Gasteiger partial charge in [-0.1, -0.05) is 42.0 Å². The van der Waals surface area contributed by atoms with Crippen LogP contribution in [-0.4, -0.2) is 47.4 Å². The molecule has 2 unspecified atom stereocenters. The number of amides is 4.